The first-order chi connectivity index (χ1) is 9.22. The zero-order valence-electron chi connectivity index (χ0n) is 11.0. The van der Waals surface area contributed by atoms with Crippen LogP contribution in [0.5, 0.6) is 5.75 Å². The van der Waals surface area contributed by atoms with E-state index >= 15 is 0 Å². The van der Waals surface area contributed by atoms with E-state index in [0.717, 1.165) is 18.8 Å². The van der Waals surface area contributed by atoms with Crippen molar-refractivity contribution in [1.29, 1.82) is 0 Å². The summed E-state index contributed by atoms with van der Waals surface area (Å²) in [5, 5.41) is 2.15. The summed E-state index contributed by atoms with van der Waals surface area (Å²) in [5.41, 5.74) is 7.23. The molecule has 0 saturated heterocycles. The Balaban J connectivity index is 2.02. The number of nitrogen functional groups attached to an aromatic ring is 1. The normalized spacial score (nSPS) is 18.2. The smallest absolute Gasteiger partial charge is 0.204 e. The molecule has 0 aromatic carbocycles. The van der Waals surface area contributed by atoms with E-state index in [4.69, 9.17) is 10.5 Å². The maximum Gasteiger partial charge on any atom is 0.204 e. The number of thiophene rings is 1. The fourth-order valence-electron chi connectivity index (χ4n) is 2.58. The quantitative estimate of drug-likeness (QED) is 0.911. The van der Waals surface area contributed by atoms with Crippen LogP contribution in [0.1, 0.15) is 23.4 Å². The average molecular weight is 276 g/mol. The van der Waals surface area contributed by atoms with Crippen LogP contribution in [-0.2, 0) is 6.42 Å². The predicted molar refractivity (Wildman–Crippen MR) is 76.8 cm³/mol. The fourth-order valence-corrected chi connectivity index (χ4v) is 3.54. The summed E-state index contributed by atoms with van der Waals surface area (Å²) in [4.78, 5) is 12.0. The third-order valence-electron chi connectivity index (χ3n) is 3.57. The lowest BCUT2D eigenvalue weighted by Crippen LogP contribution is -2.34. The van der Waals surface area contributed by atoms with Gasteiger partial charge in [0, 0.05) is 11.4 Å². The monoisotopic (exact) mass is 276 g/mol. The maximum atomic E-state index is 5.86. The largest absolute Gasteiger partial charge is 0.490 e. The molecule has 2 aromatic rings. The molecule has 100 valence electrons. The molecule has 0 fully saturated rings. The molecule has 6 heteroatoms. The first-order valence-corrected chi connectivity index (χ1v) is 7.07. The molecule has 3 heterocycles. The summed E-state index contributed by atoms with van der Waals surface area (Å²) in [6.07, 6.45) is 2.52. The first kappa shape index (κ1) is 12.2. The number of aromatic nitrogens is 2. The van der Waals surface area contributed by atoms with Crippen LogP contribution in [0.15, 0.2) is 17.8 Å². The number of methoxy groups -OCH3 is 1. The molecular formula is C13H16N4OS. The molecule has 0 amide bonds. The molecule has 1 unspecified atom stereocenters. The van der Waals surface area contributed by atoms with Crippen molar-refractivity contribution in [3.63, 3.8) is 0 Å². The second-order valence-electron chi connectivity index (χ2n) is 4.53. The Bertz CT molecular complexity index is 598. The van der Waals surface area contributed by atoms with Gasteiger partial charge in [0.05, 0.1) is 13.2 Å². The van der Waals surface area contributed by atoms with Crippen LogP contribution in [0.2, 0.25) is 0 Å². The minimum atomic E-state index is 0.276. The Morgan fingerprint density at radius 3 is 3.11 bits per heavy atom. The van der Waals surface area contributed by atoms with Crippen LogP contribution < -0.4 is 15.4 Å². The number of rotatable bonds is 2. The number of nitrogens with zero attached hydrogens (tertiary/aromatic N) is 3. The van der Waals surface area contributed by atoms with Crippen LogP contribution in [-0.4, -0.2) is 23.6 Å². The molecule has 0 saturated carbocycles. The number of fused-ring (bicyclic) bond motifs is 1. The van der Waals surface area contributed by atoms with E-state index in [1.54, 1.807) is 7.11 Å². The van der Waals surface area contributed by atoms with E-state index < -0.39 is 0 Å². The summed E-state index contributed by atoms with van der Waals surface area (Å²) >= 11 is 1.82. The SMILES string of the molecule is COc1c(N)ncnc1N1CCc2sccc2C1C. The standard InChI is InChI=1S/C13H16N4OS/c1-8-9-4-6-19-10(9)3-5-17(8)13-11(18-2)12(14)15-7-16-13/h4,6-8H,3,5H2,1-2H3,(H2,14,15,16). The number of nitrogens with two attached hydrogens (primary N) is 1. The van der Waals surface area contributed by atoms with Crippen LogP contribution >= 0.6 is 11.3 Å². The van der Waals surface area contributed by atoms with Gasteiger partial charge < -0.3 is 15.4 Å². The van der Waals surface area contributed by atoms with E-state index in [1.807, 2.05) is 11.3 Å². The molecule has 0 bridgehead atoms. The van der Waals surface area contributed by atoms with Crippen molar-refractivity contribution in [3.8, 4) is 5.75 Å². The zero-order chi connectivity index (χ0) is 13.4. The van der Waals surface area contributed by atoms with Gasteiger partial charge in [0.25, 0.3) is 0 Å². The van der Waals surface area contributed by atoms with Crippen molar-refractivity contribution in [2.24, 2.45) is 0 Å². The van der Waals surface area contributed by atoms with E-state index in [-0.39, 0.29) is 6.04 Å². The fraction of sp³-hybridized carbons (Fsp3) is 0.385. The van der Waals surface area contributed by atoms with Gasteiger partial charge >= 0.3 is 0 Å². The number of anilines is 2. The highest BCUT2D eigenvalue weighted by Crippen LogP contribution is 2.39. The average Bonchev–Trinajstić information content (AvgIpc) is 2.88. The minimum absolute atomic E-state index is 0.276. The molecule has 1 aliphatic heterocycles. The summed E-state index contributed by atoms with van der Waals surface area (Å²) in [6.45, 7) is 3.10. The second kappa shape index (κ2) is 4.70. The van der Waals surface area contributed by atoms with Gasteiger partial charge in [-0.2, -0.15) is 0 Å². The van der Waals surface area contributed by atoms with Gasteiger partial charge in [0.1, 0.15) is 6.33 Å². The number of ether oxygens (including phenoxy) is 1. The first-order valence-electron chi connectivity index (χ1n) is 6.19. The van der Waals surface area contributed by atoms with Gasteiger partial charge in [-0.05, 0) is 30.4 Å². The maximum absolute atomic E-state index is 5.86. The Morgan fingerprint density at radius 2 is 2.32 bits per heavy atom. The van der Waals surface area contributed by atoms with Gasteiger partial charge in [0.2, 0.25) is 5.75 Å². The van der Waals surface area contributed by atoms with Crippen LogP contribution in [0.4, 0.5) is 11.6 Å². The third kappa shape index (κ3) is 1.92. The lowest BCUT2D eigenvalue weighted by molar-refractivity contribution is 0.410. The highest BCUT2D eigenvalue weighted by molar-refractivity contribution is 7.10. The Morgan fingerprint density at radius 1 is 1.47 bits per heavy atom. The third-order valence-corrected chi connectivity index (χ3v) is 4.56. The summed E-state index contributed by atoms with van der Waals surface area (Å²) in [5.74, 6) is 1.73. The highest BCUT2D eigenvalue weighted by atomic mass is 32.1. The van der Waals surface area contributed by atoms with Gasteiger partial charge in [0.15, 0.2) is 11.6 Å². The molecule has 2 aromatic heterocycles. The van der Waals surface area contributed by atoms with Gasteiger partial charge in [-0.1, -0.05) is 0 Å². The topological polar surface area (TPSA) is 64.3 Å². The summed E-state index contributed by atoms with van der Waals surface area (Å²) < 4.78 is 5.36. The molecule has 0 radical (unpaired) electrons. The van der Waals surface area contributed by atoms with Crippen molar-refractivity contribution in [1.82, 2.24) is 9.97 Å². The molecule has 19 heavy (non-hydrogen) atoms. The van der Waals surface area contributed by atoms with Gasteiger partial charge in [-0.25, -0.2) is 9.97 Å². The Hall–Kier alpha value is -1.82. The zero-order valence-corrected chi connectivity index (χ0v) is 11.8. The number of hydrogen-bond donors (Lipinski definition) is 1. The van der Waals surface area contributed by atoms with Crippen molar-refractivity contribution >= 4 is 23.0 Å². The second-order valence-corrected chi connectivity index (χ2v) is 5.53. The lowest BCUT2D eigenvalue weighted by atomic mass is 10.0. The predicted octanol–water partition coefficient (Wildman–Crippen LogP) is 2.25. The Kier molecular flexibility index (Phi) is 3.02. The molecule has 1 aliphatic rings. The van der Waals surface area contributed by atoms with Crippen molar-refractivity contribution in [2.45, 2.75) is 19.4 Å². The van der Waals surface area contributed by atoms with Crippen LogP contribution in [0.25, 0.3) is 0 Å². The molecule has 3 rings (SSSR count). The van der Waals surface area contributed by atoms with E-state index in [0.29, 0.717) is 11.6 Å². The molecule has 5 nitrogen and oxygen atoms in total. The minimum Gasteiger partial charge on any atom is -0.490 e. The van der Waals surface area contributed by atoms with Crippen LogP contribution in [0.3, 0.4) is 0 Å². The van der Waals surface area contributed by atoms with Gasteiger partial charge in [-0.15, -0.1) is 11.3 Å². The van der Waals surface area contributed by atoms with Gasteiger partial charge in [-0.3, -0.25) is 0 Å². The molecule has 2 N–H and O–H groups in total. The lowest BCUT2D eigenvalue weighted by Gasteiger charge is -2.35. The van der Waals surface area contributed by atoms with Crippen LogP contribution in [0, 0.1) is 0 Å². The summed E-state index contributed by atoms with van der Waals surface area (Å²) in [7, 11) is 1.60. The highest BCUT2D eigenvalue weighted by Gasteiger charge is 2.28. The molecule has 0 spiro atoms. The van der Waals surface area contributed by atoms with E-state index in [9.17, 15) is 0 Å². The Labute approximate surface area is 116 Å². The molecule has 1 atom stereocenters. The van der Waals surface area contributed by atoms with Crippen molar-refractivity contribution in [3.05, 3.63) is 28.2 Å². The molecule has 0 aliphatic carbocycles. The molecular weight excluding hydrogens is 260 g/mol. The van der Waals surface area contributed by atoms with Crippen molar-refractivity contribution in [2.75, 3.05) is 24.3 Å². The van der Waals surface area contributed by atoms with E-state index in [2.05, 4.69) is 33.2 Å². The van der Waals surface area contributed by atoms with Crippen molar-refractivity contribution < 1.29 is 4.74 Å². The number of hydrogen-bond acceptors (Lipinski definition) is 6. The summed E-state index contributed by atoms with van der Waals surface area (Å²) in [6, 6.07) is 2.46. The van der Waals surface area contributed by atoms with E-state index in [1.165, 1.54) is 16.8 Å².